The second-order valence-electron chi connectivity index (χ2n) is 11.7. The number of amides is 1. The topological polar surface area (TPSA) is 90.0 Å². The number of halogens is 3. The third-order valence-corrected chi connectivity index (χ3v) is 8.68. The monoisotopic (exact) mass is 657 g/mol. The number of piperazine rings is 1. The number of carbonyl (C=O) groups is 1. The molecule has 0 spiro atoms. The predicted octanol–water partition coefficient (Wildman–Crippen LogP) is 5.67. The van der Waals surface area contributed by atoms with Crippen LogP contribution in [-0.4, -0.2) is 87.0 Å². The van der Waals surface area contributed by atoms with Crippen molar-refractivity contribution in [1.29, 1.82) is 0 Å². The molecule has 1 amide bonds. The fourth-order valence-electron chi connectivity index (χ4n) is 5.88. The summed E-state index contributed by atoms with van der Waals surface area (Å²) < 4.78 is 49.5. The molecule has 0 saturated carbocycles. The number of piperidine rings is 1. The van der Waals surface area contributed by atoms with E-state index in [9.17, 15) is 23.2 Å². The molecule has 13 heteroatoms. The highest BCUT2D eigenvalue weighted by atomic mass is 19.4. The van der Waals surface area contributed by atoms with Crippen LogP contribution in [0, 0.1) is 0 Å². The number of hydrogen-bond donors (Lipinski definition) is 2. The molecule has 47 heavy (non-hydrogen) atoms. The third-order valence-electron chi connectivity index (χ3n) is 8.68. The number of nitrogens with zero attached hydrogens (tertiary/aromatic N) is 4. The number of carbonyl (C=O) groups excluding carboxylic acids is 1. The Labute approximate surface area is 273 Å². The van der Waals surface area contributed by atoms with Crippen LogP contribution in [0.15, 0.2) is 66.7 Å². The van der Waals surface area contributed by atoms with E-state index in [0.717, 1.165) is 69.1 Å². The van der Waals surface area contributed by atoms with Crippen LogP contribution in [0.3, 0.4) is 0 Å². The van der Waals surface area contributed by atoms with Crippen LogP contribution in [-0.2, 0) is 22.4 Å². The van der Waals surface area contributed by atoms with Crippen LogP contribution >= 0.6 is 0 Å². The van der Waals surface area contributed by atoms with E-state index in [1.807, 2.05) is 41.3 Å². The number of nitrogens with one attached hydrogen (secondary N) is 1. The summed E-state index contributed by atoms with van der Waals surface area (Å²) in [4.78, 5) is 24.4. The lowest BCUT2D eigenvalue weighted by molar-refractivity contribution is -0.137. The van der Waals surface area contributed by atoms with Crippen LogP contribution in [0.4, 0.5) is 30.2 Å². The van der Waals surface area contributed by atoms with Gasteiger partial charge >= 0.3 is 6.18 Å². The third kappa shape index (κ3) is 9.21. The number of ether oxygens (including phenoxy) is 2. The van der Waals surface area contributed by atoms with Crippen molar-refractivity contribution in [3.05, 3.63) is 77.9 Å². The quantitative estimate of drug-likeness (QED) is 0.240. The Hall–Kier alpha value is -4.20. The summed E-state index contributed by atoms with van der Waals surface area (Å²) in [6.07, 6.45) is -2.16. The molecule has 3 aromatic rings. The van der Waals surface area contributed by atoms with Crippen LogP contribution in [0.25, 0.3) is 0 Å². The Morgan fingerprint density at radius 2 is 1.62 bits per heavy atom. The molecule has 3 aromatic carbocycles. The van der Waals surface area contributed by atoms with E-state index in [-0.39, 0.29) is 18.6 Å². The number of benzene rings is 3. The van der Waals surface area contributed by atoms with Gasteiger partial charge in [-0.25, -0.2) is 0 Å². The Bertz CT molecular complexity index is 1440. The number of alkyl halides is 3. The maximum atomic E-state index is 13.0. The molecule has 0 unspecified atom stereocenters. The van der Waals surface area contributed by atoms with Gasteiger partial charge in [0.05, 0.1) is 19.8 Å². The standard InChI is InChI=1S/C34H42F3N5O5/c1-45-32-23-28(7-12-31(32)42(44)46-2)38-27-13-17-41(18-14-27)33(43)15-16-39-19-21-40(22-20-39)29-8-10-30(11-9-29)47-24-25-3-5-26(6-4-25)34(35,36)37/h3-12,23,27,38,44H,13-22,24H2,1-2H3. The first-order valence-electron chi connectivity index (χ1n) is 15.7. The number of anilines is 3. The van der Waals surface area contributed by atoms with E-state index >= 15 is 0 Å². The number of rotatable bonds is 12. The highest BCUT2D eigenvalue weighted by Crippen LogP contribution is 2.32. The molecular formula is C34H42F3N5O5. The van der Waals surface area contributed by atoms with E-state index in [0.29, 0.717) is 47.5 Å². The first kappa shape index (κ1) is 34.1. The summed E-state index contributed by atoms with van der Waals surface area (Å²) in [5.41, 5.74) is 2.36. The molecule has 2 fully saturated rings. The SMILES string of the molecule is COc1cc(NC2CCN(C(=O)CCN3CCN(c4ccc(OCc5ccc(C(F)(F)F)cc5)cc4)CC3)CC2)ccc1N(O)OC. The molecule has 5 rings (SSSR count). The summed E-state index contributed by atoms with van der Waals surface area (Å²) in [5, 5.41) is 14.0. The summed E-state index contributed by atoms with van der Waals surface area (Å²) >= 11 is 0. The molecule has 2 aliphatic rings. The lowest BCUT2D eigenvalue weighted by Crippen LogP contribution is -2.48. The molecule has 0 atom stereocenters. The van der Waals surface area contributed by atoms with Crippen molar-refractivity contribution in [3.63, 3.8) is 0 Å². The van der Waals surface area contributed by atoms with Gasteiger partial charge in [-0.2, -0.15) is 13.2 Å². The molecule has 2 aliphatic heterocycles. The summed E-state index contributed by atoms with van der Waals surface area (Å²) in [6.45, 7) is 5.77. The van der Waals surface area contributed by atoms with Gasteiger partial charge in [-0.15, -0.1) is 5.23 Å². The van der Waals surface area contributed by atoms with E-state index in [1.54, 1.807) is 6.07 Å². The zero-order valence-corrected chi connectivity index (χ0v) is 26.7. The van der Waals surface area contributed by atoms with Crippen LogP contribution in [0.5, 0.6) is 11.5 Å². The van der Waals surface area contributed by atoms with Crippen LogP contribution in [0.1, 0.15) is 30.4 Å². The van der Waals surface area contributed by atoms with Gasteiger partial charge in [-0.05, 0) is 66.9 Å². The van der Waals surface area contributed by atoms with E-state index in [2.05, 4.69) is 15.1 Å². The molecular weight excluding hydrogens is 615 g/mol. The molecule has 0 aromatic heterocycles. The molecule has 2 N–H and O–H groups in total. The van der Waals surface area contributed by atoms with Gasteiger partial charge in [0.25, 0.3) is 0 Å². The minimum absolute atomic E-state index is 0.186. The summed E-state index contributed by atoms with van der Waals surface area (Å²) in [6, 6.07) is 18.4. The van der Waals surface area contributed by atoms with Gasteiger partial charge < -0.3 is 24.6 Å². The Morgan fingerprint density at radius 3 is 2.23 bits per heavy atom. The number of likely N-dealkylation sites (tertiary alicyclic amines) is 1. The maximum absolute atomic E-state index is 13.0. The van der Waals surface area contributed by atoms with Gasteiger partial charge in [-0.1, -0.05) is 12.1 Å². The largest absolute Gasteiger partial charge is 0.494 e. The van der Waals surface area contributed by atoms with Gasteiger partial charge in [0.2, 0.25) is 5.91 Å². The minimum Gasteiger partial charge on any atom is -0.494 e. The van der Waals surface area contributed by atoms with Crippen LogP contribution < -0.4 is 24.9 Å². The zero-order chi connectivity index (χ0) is 33.4. The first-order valence-corrected chi connectivity index (χ1v) is 15.7. The zero-order valence-electron chi connectivity index (χ0n) is 26.7. The Morgan fingerprint density at radius 1 is 0.936 bits per heavy atom. The minimum atomic E-state index is -4.35. The fraction of sp³-hybridized carbons (Fsp3) is 0.441. The maximum Gasteiger partial charge on any atom is 0.416 e. The van der Waals surface area contributed by atoms with Crippen molar-refractivity contribution in [2.24, 2.45) is 0 Å². The molecule has 0 aliphatic carbocycles. The Balaban J connectivity index is 0.989. The second-order valence-corrected chi connectivity index (χ2v) is 11.7. The molecule has 0 bridgehead atoms. The van der Waals surface area contributed by atoms with E-state index in [4.69, 9.17) is 14.3 Å². The normalized spacial score (nSPS) is 16.2. The van der Waals surface area contributed by atoms with Crippen molar-refractivity contribution in [3.8, 4) is 11.5 Å². The molecule has 254 valence electrons. The lowest BCUT2D eigenvalue weighted by Gasteiger charge is -2.37. The highest BCUT2D eigenvalue weighted by Gasteiger charge is 2.30. The summed E-state index contributed by atoms with van der Waals surface area (Å²) in [5.74, 6) is 1.32. The average molecular weight is 658 g/mol. The van der Waals surface area contributed by atoms with E-state index in [1.165, 1.54) is 26.4 Å². The van der Waals surface area contributed by atoms with Crippen molar-refractivity contribution >= 4 is 23.0 Å². The van der Waals surface area contributed by atoms with Gasteiger partial charge in [0, 0.05) is 75.7 Å². The van der Waals surface area contributed by atoms with Crippen molar-refractivity contribution in [1.82, 2.24) is 9.80 Å². The predicted molar refractivity (Wildman–Crippen MR) is 173 cm³/mol. The first-order chi connectivity index (χ1) is 22.6. The molecule has 2 saturated heterocycles. The van der Waals surface area contributed by atoms with Crippen molar-refractivity contribution in [2.75, 3.05) is 75.5 Å². The van der Waals surface area contributed by atoms with Gasteiger partial charge in [0.15, 0.2) is 0 Å². The molecule has 2 heterocycles. The fourth-order valence-corrected chi connectivity index (χ4v) is 5.88. The second kappa shape index (κ2) is 15.6. The Kier molecular flexibility index (Phi) is 11.3. The highest BCUT2D eigenvalue weighted by molar-refractivity contribution is 5.76. The van der Waals surface area contributed by atoms with Crippen molar-refractivity contribution < 1.29 is 37.5 Å². The smallest absolute Gasteiger partial charge is 0.416 e. The number of hydrogen-bond acceptors (Lipinski definition) is 9. The van der Waals surface area contributed by atoms with Crippen LogP contribution in [0.2, 0.25) is 0 Å². The van der Waals surface area contributed by atoms with Crippen molar-refractivity contribution in [2.45, 2.75) is 38.1 Å². The summed E-state index contributed by atoms with van der Waals surface area (Å²) in [7, 11) is 2.90. The molecule has 10 nitrogen and oxygen atoms in total. The van der Waals surface area contributed by atoms with Gasteiger partial charge in [-0.3, -0.25) is 19.7 Å². The average Bonchev–Trinajstić information content (AvgIpc) is 3.10. The molecule has 0 radical (unpaired) electrons. The van der Waals surface area contributed by atoms with E-state index < -0.39 is 11.7 Å². The van der Waals surface area contributed by atoms with Gasteiger partial charge in [0.1, 0.15) is 23.8 Å². The number of methoxy groups -OCH3 is 1. The lowest BCUT2D eigenvalue weighted by atomic mass is 10.0.